The van der Waals surface area contributed by atoms with Gasteiger partial charge in [0.2, 0.25) is 5.91 Å². The number of ether oxygens (including phenoxy) is 1. The summed E-state index contributed by atoms with van der Waals surface area (Å²) in [6.07, 6.45) is 2.36. The van der Waals surface area contributed by atoms with Crippen LogP contribution in [0, 0.1) is 5.92 Å². The summed E-state index contributed by atoms with van der Waals surface area (Å²) in [5.41, 5.74) is 0.0965. The Morgan fingerprint density at radius 1 is 1.30 bits per heavy atom. The highest BCUT2D eigenvalue weighted by atomic mass is 19.3. The van der Waals surface area contributed by atoms with Gasteiger partial charge in [-0.2, -0.15) is 8.78 Å². The van der Waals surface area contributed by atoms with Crippen molar-refractivity contribution in [1.82, 2.24) is 15.1 Å². The molecule has 8 heteroatoms. The van der Waals surface area contributed by atoms with Crippen LogP contribution in [0.15, 0.2) is 24.3 Å². The summed E-state index contributed by atoms with van der Waals surface area (Å²) in [4.78, 5) is 29.1. The summed E-state index contributed by atoms with van der Waals surface area (Å²) < 4.78 is 29.7. The van der Waals surface area contributed by atoms with Gasteiger partial charge in [0.05, 0.1) is 11.5 Å². The highest BCUT2D eigenvalue weighted by Crippen LogP contribution is 2.26. The second kappa shape index (κ2) is 8.65. The van der Waals surface area contributed by atoms with Gasteiger partial charge in [0.1, 0.15) is 5.75 Å². The second-order valence-corrected chi connectivity index (χ2v) is 7.06. The zero-order valence-electron chi connectivity index (χ0n) is 15.4. The van der Waals surface area contributed by atoms with Crippen LogP contribution in [0.3, 0.4) is 0 Å². The first-order valence-electron chi connectivity index (χ1n) is 9.28. The third-order valence-corrected chi connectivity index (χ3v) is 5.32. The molecule has 2 aliphatic rings. The van der Waals surface area contributed by atoms with Crippen LogP contribution in [0.4, 0.5) is 8.78 Å². The molecule has 6 nitrogen and oxygen atoms in total. The predicted molar refractivity (Wildman–Crippen MR) is 95.7 cm³/mol. The number of halogens is 2. The number of para-hydroxylation sites is 1. The Morgan fingerprint density at radius 2 is 2.07 bits per heavy atom. The zero-order chi connectivity index (χ0) is 19.4. The van der Waals surface area contributed by atoms with E-state index in [-0.39, 0.29) is 35.1 Å². The molecule has 0 spiro atoms. The van der Waals surface area contributed by atoms with Crippen LogP contribution in [0.2, 0.25) is 0 Å². The van der Waals surface area contributed by atoms with E-state index in [2.05, 4.69) is 10.1 Å². The summed E-state index contributed by atoms with van der Waals surface area (Å²) in [5, 5.41) is 3.25. The van der Waals surface area contributed by atoms with Crippen LogP contribution in [0.5, 0.6) is 5.75 Å². The molecule has 2 heterocycles. The number of likely N-dealkylation sites (tertiary alicyclic amines) is 1. The van der Waals surface area contributed by atoms with Crippen LogP contribution in [-0.4, -0.2) is 67.5 Å². The average Bonchev–Trinajstić information content (AvgIpc) is 3.21. The van der Waals surface area contributed by atoms with Gasteiger partial charge in [-0.05, 0) is 37.9 Å². The van der Waals surface area contributed by atoms with Crippen molar-refractivity contribution in [1.29, 1.82) is 0 Å². The molecule has 0 radical (unpaired) electrons. The van der Waals surface area contributed by atoms with Crippen molar-refractivity contribution in [3.63, 3.8) is 0 Å². The number of amides is 2. The summed E-state index contributed by atoms with van der Waals surface area (Å²) in [6.45, 7) is -0.511. The van der Waals surface area contributed by atoms with Crippen molar-refractivity contribution in [2.24, 2.45) is 5.92 Å². The Labute approximate surface area is 157 Å². The second-order valence-electron chi connectivity index (χ2n) is 7.06. The number of hydrogen-bond donors (Lipinski definition) is 1. The first-order chi connectivity index (χ1) is 13.0. The molecule has 0 aliphatic carbocycles. The minimum Gasteiger partial charge on any atom is -0.434 e. The fourth-order valence-corrected chi connectivity index (χ4v) is 3.81. The lowest BCUT2D eigenvalue weighted by molar-refractivity contribution is -0.137. The summed E-state index contributed by atoms with van der Waals surface area (Å²) in [7, 11) is 1.81. The Kier molecular flexibility index (Phi) is 6.26. The molecule has 1 N–H and O–H groups in total. The van der Waals surface area contributed by atoms with E-state index < -0.39 is 6.61 Å². The van der Waals surface area contributed by atoms with Gasteiger partial charge in [0.25, 0.3) is 5.91 Å². The standard InChI is InChI=1S/C19H25F2N3O3/c1-23(14-8-9-22-11-14)17(25)13-5-4-10-24(12-13)18(26)15-6-2-3-7-16(15)27-19(20)21/h2-3,6-7,13-14,19,22H,4-5,8-12H2,1H3. The molecule has 2 amide bonds. The van der Waals surface area contributed by atoms with Crippen LogP contribution in [0.25, 0.3) is 0 Å². The number of likely N-dealkylation sites (N-methyl/N-ethyl adjacent to an activating group) is 1. The molecule has 3 rings (SSSR count). The minimum atomic E-state index is -3.00. The average molecular weight is 381 g/mol. The quantitative estimate of drug-likeness (QED) is 0.847. The van der Waals surface area contributed by atoms with Crippen molar-refractivity contribution in [3.8, 4) is 5.75 Å². The number of carbonyl (C=O) groups excluding carboxylic acids is 2. The SMILES string of the molecule is CN(C(=O)C1CCCN(C(=O)c2ccccc2OC(F)F)C1)C1CCNC1. The van der Waals surface area contributed by atoms with Crippen LogP contribution >= 0.6 is 0 Å². The van der Waals surface area contributed by atoms with Crippen molar-refractivity contribution in [3.05, 3.63) is 29.8 Å². The molecule has 27 heavy (non-hydrogen) atoms. The molecule has 2 aliphatic heterocycles. The lowest BCUT2D eigenvalue weighted by Gasteiger charge is -2.35. The van der Waals surface area contributed by atoms with Gasteiger partial charge < -0.3 is 19.9 Å². The molecule has 2 fully saturated rings. The van der Waals surface area contributed by atoms with Crippen LogP contribution in [0.1, 0.15) is 29.6 Å². The Morgan fingerprint density at radius 3 is 2.78 bits per heavy atom. The molecule has 1 aromatic rings. The summed E-state index contributed by atoms with van der Waals surface area (Å²) in [6, 6.07) is 6.17. The lowest BCUT2D eigenvalue weighted by Crippen LogP contribution is -2.48. The fraction of sp³-hybridized carbons (Fsp3) is 0.579. The lowest BCUT2D eigenvalue weighted by atomic mass is 9.95. The molecule has 2 saturated heterocycles. The monoisotopic (exact) mass is 381 g/mol. The molecular weight excluding hydrogens is 356 g/mol. The highest BCUT2D eigenvalue weighted by Gasteiger charge is 2.34. The molecule has 0 aromatic heterocycles. The van der Waals surface area contributed by atoms with E-state index in [4.69, 9.17) is 0 Å². The van der Waals surface area contributed by atoms with E-state index in [9.17, 15) is 18.4 Å². The number of alkyl halides is 2. The number of rotatable bonds is 5. The van der Waals surface area contributed by atoms with E-state index >= 15 is 0 Å². The first-order valence-corrected chi connectivity index (χ1v) is 9.28. The Bertz CT molecular complexity index is 680. The predicted octanol–water partition coefficient (Wildman–Crippen LogP) is 1.96. The van der Waals surface area contributed by atoms with Gasteiger partial charge >= 0.3 is 6.61 Å². The molecule has 1 aromatic carbocycles. The summed E-state index contributed by atoms with van der Waals surface area (Å²) in [5.74, 6) is -0.746. The Balaban J connectivity index is 1.69. The van der Waals surface area contributed by atoms with Crippen molar-refractivity contribution in [2.45, 2.75) is 31.9 Å². The van der Waals surface area contributed by atoms with E-state index in [1.165, 1.54) is 12.1 Å². The van der Waals surface area contributed by atoms with E-state index in [0.717, 1.165) is 25.9 Å². The molecule has 0 saturated carbocycles. The van der Waals surface area contributed by atoms with E-state index in [0.29, 0.717) is 19.5 Å². The maximum absolute atomic E-state index is 12.9. The number of hydrogen-bond acceptors (Lipinski definition) is 4. The van der Waals surface area contributed by atoms with Crippen LogP contribution in [-0.2, 0) is 4.79 Å². The van der Waals surface area contributed by atoms with Gasteiger partial charge in [-0.25, -0.2) is 0 Å². The fourth-order valence-electron chi connectivity index (χ4n) is 3.81. The molecule has 2 atom stereocenters. The highest BCUT2D eigenvalue weighted by molar-refractivity contribution is 5.97. The smallest absolute Gasteiger partial charge is 0.387 e. The van der Waals surface area contributed by atoms with Gasteiger partial charge in [0.15, 0.2) is 0 Å². The Hall–Kier alpha value is -2.22. The summed E-state index contributed by atoms with van der Waals surface area (Å²) >= 11 is 0. The normalized spacial score (nSPS) is 22.7. The maximum Gasteiger partial charge on any atom is 0.387 e. The minimum absolute atomic E-state index is 0.0401. The maximum atomic E-state index is 12.9. The van der Waals surface area contributed by atoms with E-state index in [1.54, 1.807) is 21.9 Å². The number of piperidine rings is 1. The van der Waals surface area contributed by atoms with Crippen molar-refractivity contribution < 1.29 is 23.1 Å². The number of carbonyl (C=O) groups is 2. The van der Waals surface area contributed by atoms with Gasteiger partial charge in [-0.3, -0.25) is 9.59 Å². The third-order valence-electron chi connectivity index (χ3n) is 5.32. The molecule has 2 unspecified atom stereocenters. The largest absolute Gasteiger partial charge is 0.434 e. The zero-order valence-corrected chi connectivity index (χ0v) is 15.4. The number of nitrogens with one attached hydrogen (secondary N) is 1. The third kappa shape index (κ3) is 4.55. The molecule has 0 bridgehead atoms. The van der Waals surface area contributed by atoms with Gasteiger partial charge in [0, 0.05) is 32.7 Å². The number of benzene rings is 1. The molecule has 148 valence electrons. The topological polar surface area (TPSA) is 61.9 Å². The van der Waals surface area contributed by atoms with E-state index in [1.807, 2.05) is 7.05 Å². The van der Waals surface area contributed by atoms with Gasteiger partial charge in [-0.1, -0.05) is 12.1 Å². The van der Waals surface area contributed by atoms with Crippen molar-refractivity contribution >= 4 is 11.8 Å². The van der Waals surface area contributed by atoms with Crippen molar-refractivity contribution in [2.75, 3.05) is 33.2 Å². The van der Waals surface area contributed by atoms with Gasteiger partial charge in [-0.15, -0.1) is 0 Å². The first kappa shape index (κ1) is 19.5. The molecular formula is C19H25F2N3O3. The van der Waals surface area contributed by atoms with Crippen LogP contribution < -0.4 is 10.1 Å². The number of nitrogens with zero attached hydrogens (tertiary/aromatic N) is 2.